The molecule has 0 bridgehead atoms. The molecule has 18 heavy (non-hydrogen) atoms. The zero-order chi connectivity index (χ0) is 13.2. The summed E-state index contributed by atoms with van der Waals surface area (Å²) in [6.07, 6.45) is -5.44. The van der Waals surface area contributed by atoms with Crippen molar-refractivity contribution < 1.29 is 13.2 Å². The Hall–Kier alpha value is -2.02. The van der Waals surface area contributed by atoms with Crippen molar-refractivity contribution in [1.82, 2.24) is 0 Å². The van der Waals surface area contributed by atoms with E-state index < -0.39 is 18.5 Å². The number of hydrogen-bond acceptors (Lipinski definition) is 1. The normalized spacial score (nSPS) is 13.2. The lowest BCUT2D eigenvalue weighted by molar-refractivity contribution is -0.136. The molecule has 1 unspecified atom stereocenters. The van der Waals surface area contributed by atoms with E-state index >= 15 is 0 Å². The molecule has 2 aromatic carbocycles. The fourth-order valence-electron chi connectivity index (χ4n) is 1.89. The van der Waals surface area contributed by atoms with Crippen molar-refractivity contribution in [2.75, 3.05) is 0 Å². The second-order valence-electron chi connectivity index (χ2n) is 4.11. The van der Waals surface area contributed by atoms with E-state index in [1.165, 1.54) is 0 Å². The summed E-state index contributed by atoms with van der Waals surface area (Å²) in [6.45, 7) is 0. The van der Waals surface area contributed by atoms with Crippen LogP contribution in [0.2, 0.25) is 0 Å². The molecule has 0 heterocycles. The minimum absolute atomic E-state index is 0.411. The Labute approximate surface area is 102 Å². The number of nitrogens with zero attached hydrogens (tertiary/aromatic N) is 1. The first-order valence-corrected chi connectivity index (χ1v) is 5.45. The van der Waals surface area contributed by atoms with Crippen LogP contribution in [-0.4, -0.2) is 6.18 Å². The zero-order valence-electron chi connectivity index (χ0n) is 9.41. The molecule has 0 amide bonds. The Balaban J connectivity index is 2.37. The van der Waals surface area contributed by atoms with Crippen LogP contribution in [0.15, 0.2) is 42.5 Å². The van der Waals surface area contributed by atoms with Crippen LogP contribution in [0.25, 0.3) is 10.8 Å². The summed E-state index contributed by atoms with van der Waals surface area (Å²) in [7, 11) is 0. The van der Waals surface area contributed by atoms with Gasteiger partial charge in [-0.3, -0.25) is 0 Å². The Bertz CT molecular complexity index is 596. The van der Waals surface area contributed by atoms with Crippen LogP contribution >= 0.6 is 0 Å². The van der Waals surface area contributed by atoms with Crippen molar-refractivity contribution in [3.63, 3.8) is 0 Å². The molecule has 4 heteroatoms. The van der Waals surface area contributed by atoms with Gasteiger partial charge >= 0.3 is 6.18 Å². The quantitative estimate of drug-likeness (QED) is 0.773. The highest BCUT2D eigenvalue weighted by Gasteiger charge is 2.32. The second kappa shape index (κ2) is 4.69. The van der Waals surface area contributed by atoms with Crippen molar-refractivity contribution in [3.8, 4) is 6.07 Å². The fourth-order valence-corrected chi connectivity index (χ4v) is 1.89. The summed E-state index contributed by atoms with van der Waals surface area (Å²) in [5.41, 5.74) is 0.411. The Morgan fingerprint density at radius 2 is 1.72 bits per heavy atom. The minimum atomic E-state index is -4.33. The molecule has 1 nitrogen and oxygen atoms in total. The van der Waals surface area contributed by atoms with E-state index in [0.717, 1.165) is 10.8 Å². The van der Waals surface area contributed by atoms with Gasteiger partial charge in [-0.15, -0.1) is 0 Å². The Morgan fingerprint density at radius 3 is 2.33 bits per heavy atom. The molecule has 0 aromatic heterocycles. The summed E-state index contributed by atoms with van der Waals surface area (Å²) < 4.78 is 37.0. The summed E-state index contributed by atoms with van der Waals surface area (Å²) in [6, 6.07) is 14.1. The van der Waals surface area contributed by atoms with E-state index in [0.29, 0.717) is 5.56 Å². The van der Waals surface area contributed by atoms with Gasteiger partial charge in [0.15, 0.2) is 0 Å². The predicted octanol–water partition coefficient (Wildman–Crippen LogP) is 4.40. The van der Waals surface area contributed by atoms with Gasteiger partial charge in [0.05, 0.1) is 18.4 Å². The summed E-state index contributed by atoms with van der Waals surface area (Å²) in [5, 5.41) is 10.7. The van der Waals surface area contributed by atoms with E-state index in [4.69, 9.17) is 5.26 Å². The molecule has 92 valence electrons. The van der Waals surface area contributed by atoms with Gasteiger partial charge in [-0.1, -0.05) is 36.4 Å². The van der Waals surface area contributed by atoms with Gasteiger partial charge in [0.1, 0.15) is 0 Å². The molecule has 0 N–H and O–H groups in total. The maximum atomic E-state index is 12.3. The number of nitriles is 1. The third kappa shape index (κ3) is 2.80. The van der Waals surface area contributed by atoms with Gasteiger partial charge in [0.2, 0.25) is 0 Å². The van der Waals surface area contributed by atoms with E-state index in [1.807, 2.05) is 24.3 Å². The van der Waals surface area contributed by atoms with Crippen LogP contribution in [0.3, 0.4) is 0 Å². The molecular weight excluding hydrogens is 239 g/mol. The van der Waals surface area contributed by atoms with Crippen LogP contribution in [-0.2, 0) is 0 Å². The van der Waals surface area contributed by atoms with Crippen molar-refractivity contribution in [3.05, 3.63) is 48.0 Å². The van der Waals surface area contributed by atoms with E-state index in [2.05, 4.69) is 0 Å². The lowest BCUT2D eigenvalue weighted by Crippen LogP contribution is -2.12. The largest absolute Gasteiger partial charge is 0.390 e. The van der Waals surface area contributed by atoms with E-state index in [1.54, 1.807) is 24.3 Å². The molecule has 2 aromatic rings. The topological polar surface area (TPSA) is 23.8 Å². The smallest absolute Gasteiger partial charge is 0.198 e. The van der Waals surface area contributed by atoms with Crippen molar-refractivity contribution in [2.24, 2.45) is 0 Å². The minimum Gasteiger partial charge on any atom is -0.198 e. The zero-order valence-corrected chi connectivity index (χ0v) is 9.41. The molecule has 1 atom stereocenters. The Morgan fingerprint density at radius 1 is 1.06 bits per heavy atom. The molecule has 0 spiro atoms. The molecule has 0 fully saturated rings. The lowest BCUT2D eigenvalue weighted by Gasteiger charge is -2.12. The molecule has 0 aliphatic rings. The van der Waals surface area contributed by atoms with Crippen molar-refractivity contribution >= 4 is 10.8 Å². The number of benzene rings is 2. The van der Waals surface area contributed by atoms with Gasteiger partial charge in [0, 0.05) is 0 Å². The highest BCUT2D eigenvalue weighted by molar-refractivity contribution is 5.83. The average molecular weight is 249 g/mol. The number of fused-ring (bicyclic) bond motifs is 1. The monoisotopic (exact) mass is 249 g/mol. The first-order chi connectivity index (χ1) is 8.49. The average Bonchev–Trinajstić information content (AvgIpc) is 2.34. The number of alkyl halides is 3. The van der Waals surface area contributed by atoms with Crippen molar-refractivity contribution in [2.45, 2.75) is 18.5 Å². The molecule has 0 radical (unpaired) electrons. The summed E-state index contributed by atoms with van der Waals surface area (Å²) in [5.74, 6) is -1.14. The molecule has 0 saturated heterocycles. The van der Waals surface area contributed by atoms with Crippen LogP contribution in [0.1, 0.15) is 17.9 Å². The van der Waals surface area contributed by atoms with Gasteiger partial charge in [-0.05, 0) is 22.4 Å². The molecule has 2 rings (SSSR count). The van der Waals surface area contributed by atoms with Crippen LogP contribution in [0.4, 0.5) is 13.2 Å². The first kappa shape index (κ1) is 12.4. The maximum absolute atomic E-state index is 12.3. The standard InChI is InChI=1S/C14H10F3N/c15-14(16,17)8-13(9-18)12-6-5-10-3-1-2-4-11(10)7-12/h1-7,13H,8H2. The van der Waals surface area contributed by atoms with Gasteiger partial charge < -0.3 is 0 Å². The molecular formula is C14H10F3N. The first-order valence-electron chi connectivity index (χ1n) is 5.45. The van der Waals surface area contributed by atoms with Crippen LogP contribution in [0.5, 0.6) is 0 Å². The predicted molar refractivity (Wildman–Crippen MR) is 63.0 cm³/mol. The number of hydrogen-bond donors (Lipinski definition) is 0. The molecule has 0 saturated carbocycles. The summed E-state index contributed by atoms with van der Waals surface area (Å²) in [4.78, 5) is 0. The Kier molecular flexibility index (Phi) is 3.24. The SMILES string of the molecule is N#CC(CC(F)(F)F)c1ccc2ccccc2c1. The lowest BCUT2D eigenvalue weighted by atomic mass is 9.94. The van der Waals surface area contributed by atoms with E-state index in [9.17, 15) is 13.2 Å². The summed E-state index contributed by atoms with van der Waals surface area (Å²) >= 11 is 0. The third-order valence-electron chi connectivity index (χ3n) is 2.77. The third-order valence-corrected chi connectivity index (χ3v) is 2.77. The fraction of sp³-hybridized carbons (Fsp3) is 0.214. The van der Waals surface area contributed by atoms with Crippen molar-refractivity contribution in [1.29, 1.82) is 5.26 Å². The molecule has 0 aliphatic carbocycles. The number of rotatable bonds is 2. The highest BCUT2D eigenvalue weighted by atomic mass is 19.4. The van der Waals surface area contributed by atoms with Crippen LogP contribution in [0, 0.1) is 11.3 Å². The van der Waals surface area contributed by atoms with Gasteiger partial charge in [-0.25, -0.2) is 0 Å². The van der Waals surface area contributed by atoms with E-state index in [-0.39, 0.29) is 0 Å². The van der Waals surface area contributed by atoms with Gasteiger partial charge in [0.25, 0.3) is 0 Å². The number of halogens is 3. The second-order valence-corrected chi connectivity index (χ2v) is 4.11. The highest BCUT2D eigenvalue weighted by Crippen LogP contribution is 2.31. The maximum Gasteiger partial charge on any atom is 0.390 e. The van der Waals surface area contributed by atoms with Crippen LogP contribution < -0.4 is 0 Å². The van der Waals surface area contributed by atoms with Gasteiger partial charge in [-0.2, -0.15) is 18.4 Å². The molecule has 0 aliphatic heterocycles.